The smallest absolute Gasteiger partial charge is 0.147 e. The van der Waals surface area contributed by atoms with Crippen LogP contribution in [0.2, 0.25) is 5.02 Å². The number of benzene rings is 2. The van der Waals surface area contributed by atoms with Crippen LogP contribution in [0.5, 0.6) is 5.75 Å². The highest BCUT2D eigenvalue weighted by Crippen LogP contribution is 2.35. The molecule has 0 radical (unpaired) electrons. The molecule has 1 N–H and O–H groups in total. The van der Waals surface area contributed by atoms with Gasteiger partial charge in [0.2, 0.25) is 0 Å². The molecule has 21 heavy (non-hydrogen) atoms. The van der Waals surface area contributed by atoms with Crippen LogP contribution in [0.25, 0.3) is 0 Å². The molecular formula is C16H16Br2ClNO. The van der Waals surface area contributed by atoms with E-state index in [2.05, 4.69) is 49.3 Å². The molecule has 2 aromatic carbocycles. The Labute approximate surface area is 147 Å². The summed E-state index contributed by atoms with van der Waals surface area (Å²) in [6.45, 7) is 5.33. The first-order valence-electron chi connectivity index (χ1n) is 6.62. The number of anilines is 1. The average molecular weight is 434 g/mol. The van der Waals surface area contributed by atoms with Crippen LogP contribution in [0.15, 0.2) is 39.3 Å². The van der Waals surface area contributed by atoms with Gasteiger partial charge in [-0.3, -0.25) is 0 Å². The molecule has 0 aromatic heterocycles. The quantitative estimate of drug-likeness (QED) is 0.608. The maximum Gasteiger partial charge on any atom is 0.147 e. The molecule has 5 heteroatoms. The van der Waals surface area contributed by atoms with E-state index in [0.29, 0.717) is 13.2 Å². The minimum Gasteiger partial charge on any atom is -0.492 e. The Hall–Kier alpha value is -0.710. The zero-order valence-corrected chi connectivity index (χ0v) is 15.8. The Morgan fingerprint density at radius 2 is 1.86 bits per heavy atom. The van der Waals surface area contributed by atoms with Crippen LogP contribution in [-0.2, 0) is 6.54 Å². The van der Waals surface area contributed by atoms with Crippen molar-refractivity contribution < 1.29 is 4.74 Å². The summed E-state index contributed by atoms with van der Waals surface area (Å²) >= 11 is 13.2. The molecule has 0 aliphatic carbocycles. The van der Waals surface area contributed by atoms with E-state index in [1.165, 1.54) is 0 Å². The van der Waals surface area contributed by atoms with Gasteiger partial charge in [0.15, 0.2) is 0 Å². The lowest BCUT2D eigenvalue weighted by atomic mass is 10.1. The van der Waals surface area contributed by atoms with Gasteiger partial charge >= 0.3 is 0 Å². The third-order valence-corrected chi connectivity index (χ3v) is 4.68. The lowest BCUT2D eigenvalue weighted by molar-refractivity contribution is 0.336. The first-order chi connectivity index (χ1) is 10.0. The fourth-order valence-electron chi connectivity index (χ4n) is 1.99. The van der Waals surface area contributed by atoms with Gasteiger partial charge in [-0.1, -0.05) is 17.7 Å². The van der Waals surface area contributed by atoms with Crippen LogP contribution < -0.4 is 10.1 Å². The third-order valence-electron chi connectivity index (χ3n) is 3.10. The van der Waals surface area contributed by atoms with Crippen molar-refractivity contribution in [2.24, 2.45) is 0 Å². The second-order valence-electron chi connectivity index (χ2n) is 4.59. The van der Waals surface area contributed by atoms with Gasteiger partial charge in [-0.25, -0.2) is 0 Å². The first kappa shape index (κ1) is 16.7. The van der Waals surface area contributed by atoms with E-state index in [0.717, 1.165) is 36.5 Å². The topological polar surface area (TPSA) is 21.3 Å². The molecule has 0 aliphatic heterocycles. The molecule has 0 saturated heterocycles. The molecule has 112 valence electrons. The maximum atomic E-state index is 6.13. The molecule has 0 amide bonds. The average Bonchev–Trinajstić information content (AvgIpc) is 2.44. The van der Waals surface area contributed by atoms with Gasteiger partial charge in [0.1, 0.15) is 5.75 Å². The summed E-state index contributed by atoms with van der Waals surface area (Å²) in [7, 11) is 0. The summed E-state index contributed by atoms with van der Waals surface area (Å²) < 4.78 is 7.47. The summed E-state index contributed by atoms with van der Waals surface area (Å²) in [6, 6.07) is 9.99. The first-order valence-corrected chi connectivity index (χ1v) is 8.59. The Kier molecular flexibility index (Phi) is 5.97. The molecule has 0 unspecified atom stereocenters. The van der Waals surface area contributed by atoms with Crippen LogP contribution >= 0.6 is 43.5 Å². The van der Waals surface area contributed by atoms with Gasteiger partial charge in [-0.15, -0.1) is 0 Å². The minimum atomic E-state index is 0.635. The van der Waals surface area contributed by atoms with Crippen molar-refractivity contribution in [1.82, 2.24) is 0 Å². The highest BCUT2D eigenvalue weighted by Gasteiger charge is 2.09. The zero-order valence-electron chi connectivity index (χ0n) is 11.8. The SMILES string of the molecule is CCOc1c(Br)cc(CNc2cccc(Cl)c2C)cc1Br. The molecule has 0 heterocycles. The highest BCUT2D eigenvalue weighted by molar-refractivity contribution is 9.11. The Morgan fingerprint density at radius 3 is 2.48 bits per heavy atom. The lowest BCUT2D eigenvalue weighted by Gasteiger charge is -2.13. The van der Waals surface area contributed by atoms with Crippen molar-refractivity contribution in [2.75, 3.05) is 11.9 Å². The summed E-state index contributed by atoms with van der Waals surface area (Å²) in [5.41, 5.74) is 3.25. The summed E-state index contributed by atoms with van der Waals surface area (Å²) in [5.74, 6) is 0.834. The Balaban J connectivity index is 2.15. The predicted octanol–water partition coefficient (Wildman–Crippen LogP) is 6.18. The molecule has 2 nitrogen and oxygen atoms in total. The van der Waals surface area contributed by atoms with E-state index in [1.807, 2.05) is 32.0 Å². The number of ether oxygens (including phenoxy) is 1. The van der Waals surface area contributed by atoms with Crippen molar-refractivity contribution in [1.29, 1.82) is 0 Å². The van der Waals surface area contributed by atoms with Crippen LogP contribution in [0.3, 0.4) is 0 Å². The van der Waals surface area contributed by atoms with E-state index in [1.54, 1.807) is 0 Å². The number of rotatable bonds is 5. The van der Waals surface area contributed by atoms with E-state index >= 15 is 0 Å². The van der Waals surface area contributed by atoms with Crippen LogP contribution in [0, 0.1) is 6.92 Å². The van der Waals surface area contributed by atoms with Gasteiger partial charge < -0.3 is 10.1 Å². The van der Waals surface area contributed by atoms with E-state index in [-0.39, 0.29) is 0 Å². The number of nitrogens with one attached hydrogen (secondary N) is 1. The highest BCUT2D eigenvalue weighted by atomic mass is 79.9. The van der Waals surface area contributed by atoms with Gasteiger partial charge in [0, 0.05) is 17.3 Å². The molecule has 0 fully saturated rings. The van der Waals surface area contributed by atoms with Crippen molar-refractivity contribution in [3.05, 3.63) is 55.4 Å². The van der Waals surface area contributed by atoms with Crippen LogP contribution in [0.1, 0.15) is 18.1 Å². The van der Waals surface area contributed by atoms with Crippen LogP contribution in [0.4, 0.5) is 5.69 Å². The molecule has 0 aliphatic rings. The summed E-state index contributed by atoms with van der Waals surface area (Å²) in [5, 5.41) is 4.18. The predicted molar refractivity (Wildman–Crippen MR) is 96.5 cm³/mol. The molecule has 0 spiro atoms. The van der Waals surface area contributed by atoms with Crippen molar-refractivity contribution >= 4 is 49.1 Å². The van der Waals surface area contributed by atoms with Gasteiger partial charge in [0.25, 0.3) is 0 Å². The number of hydrogen-bond acceptors (Lipinski definition) is 2. The molecular weight excluding hydrogens is 417 g/mol. The molecule has 0 bridgehead atoms. The maximum absolute atomic E-state index is 6.13. The largest absolute Gasteiger partial charge is 0.492 e. The normalized spacial score (nSPS) is 10.5. The molecule has 0 atom stereocenters. The monoisotopic (exact) mass is 431 g/mol. The fraction of sp³-hybridized carbons (Fsp3) is 0.250. The van der Waals surface area contributed by atoms with Gasteiger partial charge in [-0.05, 0) is 81.1 Å². The second-order valence-corrected chi connectivity index (χ2v) is 6.70. The zero-order chi connectivity index (χ0) is 15.4. The van der Waals surface area contributed by atoms with E-state index in [4.69, 9.17) is 16.3 Å². The molecule has 2 aromatic rings. The van der Waals surface area contributed by atoms with E-state index < -0.39 is 0 Å². The Morgan fingerprint density at radius 1 is 1.19 bits per heavy atom. The van der Waals surface area contributed by atoms with Gasteiger partial charge in [0.05, 0.1) is 15.6 Å². The molecule has 2 rings (SSSR count). The molecule has 0 saturated carbocycles. The van der Waals surface area contributed by atoms with Crippen molar-refractivity contribution in [3.8, 4) is 5.75 Å². The summed E-state index contributed by atoms with van der Waals surface area (Å²) in [4.78, 5) is 0. The van der Waals surface area contributed by atoms with Crippen molar-refractivity contribution in [3.63, 3.8) is 0 Å². The van der Waals surface area contributed by atoms with E-state index in [9.17, 15) is 0 Å². The number of hydrogen-bond donors (Lipinski definition) is 1. The standard InChI is InChI=1S/C16H16Br2ClNO/c1-3-21-16-12(17)7-11(8-13(16)18)9-20-15-6-4-5-14(19)10(15)2/h4-8,20H,3,9H2,1-2H3. The number of halogens is 3. The van der Waals surface area contributed by atoms with Gasteiger partial charge in [-0.2, -0.15) is 0 Å². The van der Waals surface area contributed by atoms with Crippen LogP contribution in [-0.4, -0.2) is 6.61 Å². The second kappa shape index (κ2) is 7.52. The lowest BCUT2D eigenvalue weighted by Crippen LogP contribution is -2.02. The fourth-order valence-corrected chi connectivity index (χ4v) is 3.68. The Bertz CT molecular complexity index is 623. The van der Waals surface area contributed by atoms with Crippen molar-refractivity contribution in [2.45, 2.75) is 20.4 Å². The minimum absolute atomic E-state index is 0.635. The third kappa shape index (κ3) is 4.15. The summed E-state index contributed by atoms with van der Waals surface area (Å²) in [6.07, 6.45) is 0.